The molecule has 0 saturated heterocycles. The molecule has 0 radical (unpaired) electrons. The summed E-state index contributed by atoms with van der Waals surface area (Å²) in [7, 11) is 1.32. The zero-order valence-electron chi connectivity index (χ0n) is 15.8. The lowest BCUT2D eigenvalue weighted by atomic mass is 10.0. The van der Waals surface area contributed by atoms with Crippen molar-refractivity contribution in [2.24, 2.45) is 0 Å². The third kappa shape index (κ3) is 3.72. The van der Waals surface area contributed by atoms with Crippen LogP contribution in [-0.4, -0.2) is 29.0 Å². The summed E-state index contributed by atoms with van der Waals surface area (Å²) in [4.78, 5) is 34.8. The van der Waals surface area contributed by atoms with Gasteiger partial charge in [0.25, 0.3) is 5.91 Å². The highest BCUT2D eigenvalue weighted by Gasteiger charge is 2.20. The highest BCUT2D eigenvalue weighted by molar-refractivity contribution is 7.16. The molecule has 3 aromatic heterocycles. The summed E-state index contributed by atoms with van der Waals surface area (Å²) >= 11 is 1.33. The molecule has 0 bridgehead atoms. The molecule has 0 aliphatic carbocycles. The molecule has 1 N–H and O–H groups in total. The van der Waals surface area contributed by atoms with Gasteiger partial charge in [-0.3, -0.25) is 9.78 Å². The summed E-state index contributed by atoms with van der Waals surface area (Å²) in [5, 5.41) is 4.07. The molecule has 144 valence electrons. The number of hydrogen-bond acceptors (Lipinski definition) is 6. The van der Waals surface area contributed by atoms with Gasteiger partial charge in [0, 0.05) is 28.2 Å². The number of pyridine rings is 2. The minimum absolute atomic E-state index is 0.314. The number of carbonyl (C=O) groups excluding carboxylic acids is 2. The second-order valence-corrected chi connectivity index (χ2v) is 7.61. The van der Waals surface area contributed by atoms with Gasteiger partial charge in [-0.15, -0.1) is 11.3 Å². The van der Waals surface area contributed by atoms with Crippen LogP contribution in [0.2, 0.25) is 0 Å². The van der Waals surface area contributed by atoms with Crippen molar-refractivity contribution in [2.75, 3.05) is 12.4 Å². The van der Waals surface area contributed by atoms with E-state index in [-0.39, 0.29) is 5.91 Å². The van der Waals surface area contributed by atoms with Crippen molar-refractivity contribution < 1.29 is 14.3 Å². The maximum Gasteiger partial charge on any atom is 0.340 e. The number of benzene rings is 1. The maximum absolute atomic E-state index is 13.2. The van der Waals surface area contributed by atoms with Crippen molar-refractivity contribution in [2.45, 2.75) is 6.92 Å². The monoisotopic (exact) mass is 403 g/mol. The number of esters is 1. The van der Waals surface area contributed by atoms with Crippen LogP contribution in [0, 0.1) is 6.92 Å². The van der Waals surface area contributed by atoms with Crippen LogP contribution >= 0.6 is 11.3 Å². The fraction of sp³-hybridized carbons (Fsp3) is 0.0909. The number of methoxy groups -OCH3 is 1. The van der Waals surface area contributed by atoms with Gasteiger partial charge in [-0.2, -0.15) is 0 Å². The molecule has 7 heteroatoms. The molecule has 1 amide bonds. The van der Waals surface area contributed by atoms with Gasteiger partial charge in [0.1, 0.15) is 5.00 Å². The van der Waals surface area contributed by atoms with E-state index in [0.29, 0.717) is 27.3 Å². The number of rotatable bonds is 4. The molecule has 0 atom stereocenters. The molecule has 4 aromatic rings. The first-order valence-corrected chi connectivity index (χ1v) is 9.69. The Morgan fingerprint density at radius 2 is 1.79 bits per heavy atom. The first-order valence-electron chi connectivity index (χ1n) is 8.87. The summed E-state index contributed by atoms with van der Waals surface area (Å²) < 4.78 is 4.83. The van der Waals surface area contributed by atoms with Gasteiger partial charge >= 0.3 is 5.97 Å². The molecule has 0 unspecified atom stereocenters. The van der Waals surface area contributed by atoms with Crippen LogP contribution in [0.3, 0.4) is 0 Å². The molecule has 0 fully saturated rings. The van der Waals surface area contributed by atoms with E-state index in [1.165, 1.54) is 18.4 Å². The SMILES string of the molecule is COC(=O)c1cc(C)sc1NC(=O)c1cc(-c2ccncc2)nc2ccccc12. The summed E-state index contributed by atoms with van der Waals surface area (Å²) in [5.41, 5.74) is 3.07. The Bertz CT molecular complexity index is 1220. The Kier molecular flexibility index (Phi) is 5.05. The van der Waals surface area contributed by atoms with Crippen LogP contribution in [0.5, 0.6) is 0 Å². The normalized spacial score (nSPS) is 10.7. The third-order valence-electron chi connectivity index (χ3n) is 4.42. The van der Waals surface area contributed by atoms with Crippen molar-refractivity contribution in [3.05, 3.63) is 76.9 Å². The molecule has 4 rings (SSSR count). The summed E-state index contributed by atoms with van der Waals surface area (Å²) in [5.74, 6) is -0.798. The number of anilines is 1. The van der Waals surface area contributed by atoms with Crippen molar-refractivity contribution in [1.29, 1.82) is 0 Å². The van der Waals surface area contributed by atoms with Crippen LogP contribution in [0.25, 0.3) is 22.2 Å². The molecule has 0 aliphatic rings. The number of carbonyl (C=O) groups is 2. The summed E-state index contributed by atoms with van der Waals surface area (Å²) in [6, 6.07) is 14.6. The van der Waals surface area contributed by atoms with Gasteiger partial charge in [-0.1, -0.05) is 18.2 Å². The number of fused-ring (bicyclic) bond motifs is 1. The number of para-hydroxylation sites is 1. The number of aromatic nitrogens is 2. The number of ether oxygens (including phenoxy) is 1. The number of amides is 1. The van der Waals surface area contributed by atoms with Crippen molar-refractivity contribution >= 4 is 39.1 Å². The van der Waals surface area contributed by atoms with Gasteiger partial charge in [0.05, 0.1) is 29.4 Å². The van der Waals surface area contributed by atoms with Crippen LogP contribution < -0.4 is 5.32 Å². The van der Waals surface area contributed by atoms with E-state index >= 15 is 0 Å². The highest BCUT2D eigenvalue weighted by Crippen LogP contribution is 2.30. The van der Waals surface area contributed by atoms with Crippen LogP contribution in [0.1, 0.15) is 25.6 Å². The second-order valence-electron chi connectivity index (χ2n) is 6.35. The molecule has 3 heterocycles. The first kappa shape index (κ1) is 18.8. The average molecular weight is 403 g/mol. The summed E-state index contributed by atoms with van der Waals surface area (Å²) in [6.45, 7) is 1.87. The van der Waals surface area contributed by atoms with E-state index in [2.05, 4.69) is 15.3 Å². The third-order valence-corrected chi connectivity index (χ3v) is 5.39. The van der Waals surface area contributed by atoms with E-state index in [1.807, 2.05) is 43.3 Å². The Hall–Kier alpha value is -3.58. The molecule has 29 heavy (non-hydrogen) atoms. The fourth-order valence-electron chi connectivity index (χ4n) is 3.07. The smallest absolute Gasteiger partial charge is 0.340 e. The van der Waals surface area contributed by atoms with Gasteiger partial charge in [-0.25, -0.2) is 9.78 Å². The van der Waals surface area contributed by atoms with Crippen molar-refractivity contribution in [3.8, 4) is 11.3 Å². The van der Waals surface area contributed by atoms with E-state index < -0.39 is 5.97 Å². The van der Waals surface area contributed by atoms with Crippen LogP contribution in [0.15, 0.2) is 60.9 Å². The topological polar surface area (TPSA) is 81.2 Å². The predicted molar refractivity (Wildman–Crippen MR) is 113 cm³/mol. The Morgan fingerprint density at radius 3 is 2.55 bits per heavy atom. The van der Waals surface area contributed by atoms with Gasteiger partial charge in [0.15, 0.2) is 0 Å². The minimum atomic E-state index is -0.485. The minimum Gasteiger partial charge on any atom is -0.465 e. The predicted octanol–water partition coefficient (Wildman–Crippen LogP) is 4.71. The average Bonchev–Trinajstić information content (AvgIpc) is 3.12. The number of hydrogen-bond donors (Lipinski definition) is 1. The highest BCUT2D eigenvalue weighted by atomic mass is 32.1. The molecule has 1 aromatic carbocycles. The molecular weight excluding hydrogens is 386 g/mol. The number of aryl methyl sites for hydroxylation is 1. The Labute approximate surface area is 171 Å². The Balaban J connectivity index is 1.79. The maximum atomic E-state index is 13.2. The van der Waals surface area contributed by atoms with E-state index in [4.69, 9.17) is 4.74 Å². The molecule has 0 spiro atoms. The molecule has 6 nitrogen and oxygen atoms in total. The zero-order valence-corrected chi connectivity index (χ0v) is 16.6. The largest absolute Gasteiger partial charge is 0.465 e. The number of nitrogens with one attached hydrogen (secondary N) is 1. The van der Waals surface area contributed by atoms with Crippen LogP contribution in [-0.2, 0) is 4.74 Å². The first-order chi connectivity index (χ1) is 14.1. The van der Waals surface area contributed by atoms with Gasteiger partial charge in [-0.05, 0) is 37.3 Å². The van der Waals surface area contributed by atoms with Crippen molar-refractivity contribution in [3.63, 3.8) is 0 Å². The van der Waals surface area contributed by atoms with E-state index in [0.717, 1.165) is 15.8 Å². The zero-order chi connectivity index (χ0) is 20.4. The lowest BCUT2D eigenvalue weighted by Crippen LogP contribution is -2.14. The Morgan fingerprint density at radius 1 is 1.03 bits per heavy atom. The number of nitrogens with zero attached hydrogens (tertiary/aromatic N) is 2. The molecule has 0 saturated carbocycles. The molecular formula is C22H17N3O3S. The lowest BCUT2D eigenvalue weighted by Gasteiger charge is -2.10. The summed E-state index contributed by atoms with van der Waals surface area (Å²) in [6.07, 6.45) is 3.37. The van der Waals surface area contributed by atoms with Crippen molar-refractivity contribution in [1.82, 2.24) is 9.97 Å². The van der Waals surface area contributed by atoms with E-state index in [1.54, 1.807) is 24.5 Å². The van der Waals surface area contributed by atoms with Gasteiger partial charge < -0.3 is 10.1 Å². The fourth-order valence-corrected chi connectivity index (χ4v) is 3.97. The quantitative estimate of drug-likeness (QED) is 0.499. The number of thiophene rings is 1. The van der Waals surface area contributed by atoms with Gasteiger partial charge in [0.2, 0.25) is 0 Å². The standard InChI is InChI=1S/C22H17N3O3S/c1-13-11-17(22(27)28-2)21(29-13)25-20(26)16-12-19(14-7-9-23-10-8-14)24-18-6-4-3-5-15(16)18/h3-12H,1-2H3,(H,25,26). The lowest BCUT2D eigenvalue weighted by molar-refractivity contribution is 0.0602. The second kappa shape index (κ2) is 7.81. The van der Waals surface area contributed by atoms with E-state index in [9.17, 15) is 9.59 Å². The molecule has 0 aliphatic heterocycles. The van der Waals surface area contributed by atoms with Crippen LogP contribution in [0.4, 0.5) is 5.00 Å².